The maximum atomic E-state index is 11.8. The van der Waals surface area contributed by atoms with Crippen LogP contribution in [0.4, 0.5) is 4.79 Å². The summed E-state index contributed by atoms with van der Waals surface area (Å²) in [7, 11) is 0. The van der Waals surface area contributed by atoms with Crippen molar-refractivity contribution in [1.29, 1.82) is 0 Å². The van der Waals surface area contributed by atoms with Gasteiger partial charge in [0.1, 0.15) is 5.60 Å². The summed E-state index contributed by atoms with van der Waals surface area (Å²) < 4.78 is 5.27. The van der Waals surface area contributed by atoms with Crippen LogP contribution in [0.3, 0.4) is 0 Å². The molecule has 1 aromatic rings. The molecule has 0 saturated carbocycles. The molecule has 0 bridgehead atoms. The molecule has 23 heavy (non-hydrogen) atoms. The van der Waals surface area contributed by atoms with Gasteiger partial charge in [-0.15, -0.1) is 0 Å². The first kappa shape index (κ1) is 17.8. The van der Waals surface area contributed by atoms with Crippen LogP contribution >= 0.6 is 0 Å². The van der Waals surface area contributed by atoms with E-state index in [1.165, 1.54) is 5.56 Å². The van der Waals surface area contributed by atoms with Gasteiger partial charge < -0.3 is 10.1 Å². The van der Waals surface area contributed by atoms with Crippen LogP contribution in [0.25, 0.3) is 0 Å². The first-order valence-electron chi connectivity index (χ1n) is 8.43. The molecule has 2 unspecified atom stereocenters. The molecule has 128 valence electrons. The summed E-state index contributed by atoms with van der Waals surface area (Å²) >= 11 is 0. The van der Waals surface area contributed by atoms with Crippen molar-refractivity contribution in [2.45, 2.75) is 51.7 Å². The van der Waals surface area contributed by atoms with Gasteiger partial charge in [0.25, 0.3) is 0 Å². The van der Waals surface area contributed by atoms with Crippen molar-refractivity contribution in [3.63, 3.8) is 0 Å². The lowest BCUT2D eigenvalue weighted by Gasteiger charge is -2.33. The minimum absolute atomic E-state index is 0.271. The average Bonchev–Trinajstić information content (AvgIpc) is 2.51. The molecule has 5 heteroatoms. The number of rotatable bonds is 5. The second kappa shape index (κ2) is 8.31. The van der Waals surface area contributed by atoms with Crippen LogP contribution in [0.5, 0.6) is 0 Å². The number of amides is 1. The van der Waals surface area contributed by atoms with Gasteiger partial charge >= 0.3 is 6.09 Å². The van der Waals surface area contributed by atoms with Crippen LogP contribution < -0.4 is 16.2 Å². The van der Waals surface area contributed by atoms with E-state index in [4.69, 9.17) is 4.74 Å². The van der Waals surface area contributed by atoms with E-state index >= 15 is 0 Å². The van der Waals surface area contributed by atoms with Crippen LogP contribution in [0.2, 0.25) is 0 Å². The maximum Gasteiger partial charge on any atom is 0.422 e. The molecule has 1 fully saturated rings. The number of piperidine rings is 1. The van der Waals surface area contributed by atoms with Crippen molar-refractivity contribution in [2.75, 3.05) is 13.1 Å². The molecule has 0 spiro atoms. The predicted molar refractivity (Wildman–Crippen MR) is 92.0 cm³/mol. The first-order chi connectivity index (χ1) is 10.9. The third-order valence-corrected chi connectivity index (χ3v) is 4.01. The lowest BCUT2D eigenvalue weighted by Crippen LogP contribution is -2.54. The Morgan fingerprint density at radius 1 is 1.30 bits per heavy atom. The highest BCUT2D eigenvalue weighted by molar-refractivity contribution is 5.67. The Morgan fingerprint density at radius 2 is 2.04 bits per heavy atom. The summed E-state index contributed by atoms with van der Waals surface area (Å²) in [5.74, 6) is 0.485. The number of hydrogen-bond acceptors (Lipinski definition) is 4. The molecule has 0 radical (unpaired) electrons. The van der Waals surface area contributed by atoms with Gasteiger partial charge in [0.2, 0.25) is 0 Å². The molecule has 3 N–H and O–H groups in total. The summed E-state index contributed by atoms with van der Waals surface area (Å²) in [6.45, 7) is 7.52. The normalized spacial score (nSPS) is 21.7. The highest BCUT2D eigenvalue weighted by atomic mass is 16.6. The number of carbonyl (C=O) groups excluding carboxylic acids is 1. The maximum absolute atomic E-state index is 11.8. The fourth-order valence-corrected chi connectivity index (χ4v) is 2.87. The number of ether oxygens (including phenoxy) is 1. The molecule has 1 aromatic carbocycles. The van der Waals surface area contributed by atoms with Crippen LogP contribution in [-0.4, -0.2) is 30.8 Å². The van der Waals surface area contributed by atoms with E-state index in [2.05, 4.69) is 40.4 Å². The number of aryl methyl sites for hydroxylation is 1. The largest absolute Gasteiger partial charge is 0.443 e. The van der Waals surface area contributed by atoms with E-state index in [1.807, 2.05) is 26.8 Å². The Balaban J connectivity index is 1.80. The monoisotopic (exact) mass is 319 g/mol. The summed E-state index contributed by atoms with van der Waals surface area (Å²) in [4.78, 5) is 11.8. The van der Waals surface area contributed by atoms with Crippen molar-refractivity contribution in [1.82, 2.24) is 16.2 Å². The molecule has 2 atom stereocenters. The third kappa shape index (κ3) is 6.59. The molecular formula is C18H29N3O2. The van der Waals surface area contributed by atoms with Crippen LogP contribution in [0, 0.1) is 5.92 Å². The SMILES string of the molecule is CC(C)(C)OC(=O)NNC1CCNCC1CCc1ccccc1. The quantitative estimate of drug-likeness (QED) is 0.730. The molecule has 1 heterocycles. The zero-order chi connectivity index (χ0) is 16.7. The molecule has 2 rings (SSSR count). The van der Waals surface area contributed by atoms with Gasteiger partial charge in [0.05, 0.1) is 0 Å². The Bertz CT molecular complexity index is 485. The van der Waals surface area contributed by atoms with Crippen LogP contribution in [-0.2, 0) is 11.2 Å². The predicted octanol–water partition coefficient (Wildman–Crippen LogP) is 2.63. The van der Waals surface area contributed by atoms with Crippen molar-refractivity contribution >= 4 is 6.09 Å². The first-order valence-corrected chi connectivity index (χ1v) is 8.43. The van der Waals surface area contributed by atoms with Gasteiger partial charge in [0, 0.05) is 6.04 Å². The summed E-state index contributed by atoms with van der Waals surface area (Å²) in [5.41, 5.74) is 6.74. The van der Waals surface area contributed by atoms with Gasteiger partial charge in [-0.1, -0.05) is 30.3 Å². The molecule has 1 aliphatic rings. The minimum Gasteiger partial charge on any atom is -0.443 e. The van der Waals surface area contributed by atoms with E-state index in [9.17, 15) is 4.79 Å². The van der Waals surface area contributed by atoms with Gasteiger partial charge in [-0.3, -0.25) is 5.43 Å². The molecular weight excluding hydrogens is 290 g/mol. The lowest BCUT2D eigenvalue weighted by atomic mass is 9.88. The van der Waals surface area contributed by atoms with Gasteiger partial charge in [-0.05, 0) is 64.6 Å². The topological polar surface area (TPSA) is 62.4 Å². The third-order valence-electron chi connectivity index (χ3n) is 4.01. The second-order valence-corrected chi connectivity index (χ2v) is 7.15. The van der Waals surface area contributed by atoms with Gasteiger partial charge in [-0.2, -0.15) is 0 Å². The van der Waals surface area contributed by atoms with E-state index in [-0.39, 0.29) is 6.04 Å². The molecule has 5 nitrogen and oxygen atoms in total. The van der Waals surface area contributed by atoms with Crippen molar-refractivity contribution in [3.8, 4) is 0 Å². The van der Waals surface area contributed by atoms with Crippen LogP contribution in [0.15, 0.2) is 30.3 Å². The Kier molecular flexibility index (Phi) is 6.42. The highest BCUT2D eigenvalue weighted by Crippen LogP contribution is 2.18. The molecule has 0 aliphatic carbocycles. The van der Waals surface area contributed by atoms with E-state index in [1.54, 1.807) is 0 Å². The summed E-state index contributed by atoms with van der Waals surface area (Å²) in [6.07, 6.45) is 2.72. The Morgan fingerprint density at radius 3 is 2.74 bits per heavy atom. The number of hydrogen-bond donors (Lipinski definition) is 3. The minimum atomic E-state index is -0.480. The lowest BCUT2D eigenvalue weighted by molar-refractivity contribution is 0.0472. The highest BCUT2D eigenvalue weighted by Gasteiger charge is 2.25. The van der Waals surface area contributed by atoms with E-state index in [0.717, 1.165) is 32.4 Å². The fourth-order valence-electron chi connectivity index (χ4n) is 2.87. The van der Waals surface area contributed by atoms with Gasteiger partial charge in [-0.25, -0.2) is 10.2 Å². The van der Waals surface area contributed by atoms with E-state index in [0.29, 0.717) is 5.92 Å². The average molecular weight is 319 g/mol. The molecule has 1 amide bonds. The van der Waals surface area contributed by atoms with Crippen molar-refractivity contribution in [3.05, 3.63) is 35.9 Å². The summed E-state index contributed by atoms with van der Waals surface area (Å²) in [5, 5.41) is 3.44. The number of benzene rings is 1. The summed E-state index contributed by atoms with van der Waals surface area (Å²) in [6, 6.07) is 10.8. The molecule has 0 aromatic heterocycles. The van der Waals surface area contributed by atoms with Gasteiger partial charge in [0.15, 0.2) is 0 Å². The Hall–Kier alpha value is -1.59. The fraction of sp³-hybridized carbons (Fsp3) is 0.611. The zero-order valence-corrected chi connectivity index (χ0v) is 14.4. The Labute approximate surface area is 139 Å². The smallest absolute Gasteiger partial charge is 0.422 e. The number of nitrogens with one attached hydrogen (secondary N) is 3. The second-order valence-electron chi connectivity index (χ2n) is 7.15. The van der Waals surface area contributed by atoms with E-state index < -0.39 is 11.7 Å². The zero-order valence-electron chi connectivity index (χ0n) is 14.4. The number of carbonyl (C=O) groups is 1. The standard InChI is InChI=1S/C18H29N3O2/c1-18(2,3)23-17(22)21-20-16-11-12-19-13-15(16)10-9-14-7-5-4-6-8-14/h4-8,15-16,19-20H,9-13H2,1-3H3,(H,21,22). The van der Waals surface area contributed by atoms with Crippen LogP contribution in [0.1, 0.15) is 39.2 Å². The molecule has 1 saturated heterocycles. The number of hydrazine groups is 1. The van der Waals surface area contributed by atoms with Crippen molar-refractivity contribution < 1.29 is 9.53 Å². The molecule has 1 aliphatic heterocycles. The van der Waals surface area contributed by atoms with Crippen molar-refractivity contribution in [2.24, 2.45) is 5.92 Å².